The molecule has 6 heteroatoms. The highest BCUT2D eigenvalue weighted by Crippen LogP contribution is 2.37. The van der Waals surface area contributed by atoms with Crippen molar-refractivity contribution in [2.24, 2.45) is 5.41 Å². The average Bonchev–Trinajstić information content (AvgIpc) is 3.19. The first-order valence-electron chi connectivity index (χ1n) is 9.53. The molecule has 1 amide bonds. The van der Waals surface area contributed by atoms with Crippen molar-refractivity contribution in [3.63, 3.8) is 0 Å². The van der Waals surface area contributed by atoms with Crippen LogP contribution in [0.15, 0.2) is 0 Å². The molecule has 1 aliphatic heterocycles. The second-order valence-corrected chi connectivity index (χ2v) is 10.8. The van der Waals surface area contributed by atoms with Gasteiger partial charge in [-0.05, 0) is 37.5 Å². The number of amides is 1. The minimum absolute atomic E-state index is 0.103. The Balaban J connectivity index is 1.65. The summed E-state index contributed by atoms with van der Waals surface area (Å²) >= 11 is 0. The first-order valence-corrected chi connectivity index (χ1v) is 11.4. The molecule has 2 aliphatic carbocycles. The Bertz CT molecular complexity index is 567. The van der Waals surface area contributed by atoms with E-state index in [9.17, 15) is 13.2 Å². The molecule has 3 aliphatic rings. The van der Waals surface area contributed by atoms with E-state index in [1.54, 1.807) is 0 Å². The lowest BCUT2D eigenvalue weighted by Gasteiger charge is -2.35. The van der Waals surface area contributed by atoms with Crippen LogP contribution < -0.4 is 5.32 Å². The zero-order chi connectivity index (χ0) is 17.4. The Morgan fingerprint density at radius 3 is 2.33 bits per heavy atom. The number of carbonyl (C=O) groups is 1. The van der Waals surface area contributed by atoms with Gasteiger partial charge >= 0.3 is 0 Å². The molecule has 2 saturated carbocycles. The smallest absolute Gasteiger partial charge is 0.237 e. The van der Waals surface area contributed by atoms with Crippen LogP contribution in [0.3, 0.4) is 0 Å². The van der Waals surface area contributed by atoms with Crippen LogP contribution in [0, 0.1) is 5.41 Å². The van der Waals surface area contributed by atoms with E-state index >= 15 is 0 Å². The topological polar surface area (TPSA) is 66.5 Å². The SMILES string of the molecule is CC1(C)CCC[C@H]1NCC(=O)N(C1CCCC1)[C@H]1CCS(=O)(=O)C1. The van der Waals surface area contributed by atoms with Gasteiger partial charge in [-0.1, -0.05) is 33.1 Å². The van der Waals surface area contributed by atoms with E-state index in [2.05, 4.69) is 19.2 Å². The van der Waals surface area contributed by atoms with Crippen molar-refractivity contribution in [2.45, 2.75) is 83.3 Å². The summed E-state index contributed by atoms with van der Waals surface area (Å²) in [4.78, 5) is 14.9. The third-order valence-electron chi connectivity index (χ3n) is 6.36. The Hall–Kier alpha value is -0.620. The molecule has 3 fully saturated rings. The molecule has 0 radical (unpaired) electrons. The Kier molecular flexibility index (Phi) is 5.26. The van der Waals surface area contributed by atoms with Crippen molar-refractivity contribution in [2.75, 3.05) is 18.1 Å². The molecule has 1 N–H and O–H groups in total. The second-order valence-electron chi connectivity index (χ2n) is 8.61. The van der Waals surface area contributed by atoms with Crippen molar-refractivity contribution in [3.05, 3.63) is 0 Å². The summed E-state index contributed by atoms with van der Waals surface area (Å²) in [5, 5.41) is 3.48. The lowest BCUT2D eigenvalue weighted by atomic mass is 9.87. The van der Waals surface area contributed by atoms with E-state index in [1.807, 2.05) is 4.90 Å². The summed E-state index contributed by atoms with van der Waals surface area (Å²) in [5.41, 5.74) is 0.245. The predicted octanol–water partition coefficient (Wildman–Crippen LogP) is 2.11. The minimum Gasteiger partial charge on any atom is -0.335 e. The molecule has 0 aromatic carbocycles. The summed E-state index contributed by atoms with van der Waals surface area (Å²) in [7, 11) is -2.97. The molecule has 24 heavy (non-hydrogen) atoms. The zero-order valence-corrected chi connectivity index (χ0v) is 15.9. The zero-order valence-electron chi connectivity index (χ0n) is 15.1. The molecule has 138 valence electrons. The summed E-state index contributed by atoms with van der Waals surface area (Å²) in [6, 6.07) is 0.525. The van der Waals surface area contributed by atoms with Gasteiger partial charge in [-0.3, -0.25) is 4.79 Å². The lowest BCUT2D eigenvalue weighted by molar-refractivity contribution is -0.134. The third kappa shape index (κ3) is 3.96. The summed E-state index contributed by atoms with van der Waals surface area (Å²) < 4.78 is 23.8. The maximum atomic E-state index is 13.0. The maximum Gasteiger partial charge on any atom is 0.237 e. The molecule has 1 heterocycles. The largest absolute Gasteiger partial charge is 0.335 e. The number of hydrogen-bond donors (Lipinski definition) is 1. The van der Waals surface area contributed by atoms with Gasteiger partial charge in [0.15, 0.2) is 9.84 Å². The Morgan fingerprint density at radius 2 is 1.79 bits per heavy atom. The Labute approximate surface area is 146 Å². The predicted molar refractivity (Wildman–Crippen MR) is 95.6 cm³/mol. The van der Waals surface area contributed by atoms with Gasteiger partial charge in [-0.2, -0.15) is 0 Å². The van der Waals surface area contributed by atoms with Crippen LogP contribution in [-0.4, -0.2) is 55.4 Å². The molecule has 0 bridgehead atoms. The van der Waals surface area contributed by atoms with Crippen molar-refractivity contribution in [3.8, 4) is 0 Å². The highest BCUT2D eigenvalue weighted by molar-refractivity contribution is 7.91. The third-order valence-corrected chi connectivity index (χ3v) is 8.12. The lowest BCUT2D eigenvalue weighted by Crippen LogP contribution is -2.52. The monoisotopic (exact) mass is 356 g/mol. The van der Waals surface area contributed by atoms with E-state index in [0.717, 1.165) is 32.1 Å². The molecule has 1 saturated heterocycles. The molecule has 0 unspecified atom stereocenters. The van der Waals surface area contributed by atoms with Gasteiger partial charge in [0.2, 0.25) is 5.91 Å². The summed E-state index contributed by atoms with van der Waals surface area (Å²) in [6.07, 6.45) is 8.50. The maximum absolute atomic E-state index is 13.0. The van der Waals surface area contributed by atoms with Crippen LogP contribution in [0.4, 0.5) is 0 Å². The first-order chi connectivity index (χ1) is 11.3. The molecular formula is C18H32N2O3S. The number of rotatable bonds is 5. The van der Waals surface area contributed by atoms with Crippen molar-refractivity contribution in [1.29, 1.82) is 0 Å². The van der Waals surface area contributed by atoms with Crippen LogP contribution in [-0.2, 0) is 14.6 Å². The molecule has 3 rings (SSSR count). The van der Waals surface area contributed by atoms with Gasteiger partial charge < -0.3 is 10.2 Å². The van der Waals surface area contributed by atoms with Crippen molar-refractivity contribution >= 4 is 15.7 Å². The molecular weight excluding hydrogens is 324 g/mol. The first kappa shape index (κ1) is 18.2. The van der Waals surface area contributed by atoms with Crippen LogP contribution in [0.2, 0.25) is 0 Å². The molecule has 0 aromatic heterocycles. The van der Waals surface area contributed by atoms with Crippen LogP contribution in [0.25, 0.3) is 0 Å². The van der Waals surface area contributed by atoms with Crippen molar-refractivity contribution < 1.29 is 13.2 Å². The van der Waals surface area contributed by atoms with Gasteiger partial charge in [0, 0.05) is 18.1 Å². The van der Waals surface area contributed by atoms with Crippen molar-refractivity contribution in [1.82, 2.24) is 10.2 Å². The summed E-state index contributed by atoms with van der Waals surface area (Å²) in [6.45, 7) is 4.88. The molecule has 0 spiro atoms. The summed E-state index contributed by atoms with van der Waals surface area (Å²) in [5.74, 6) is 0.494. The van der Waals surface area contributed by atoms with Gasteiger partial charge in [0.25, 0.3) is 0 Å². The van der Waals surface area contributed by atoms with E-state index in [1.165, 1.54) is 12.8 Å². The average molecular weight is 357 g/mol. The van der Waals surface area contributed by atoms with E-state index in [-0.39, 0.29) is 34.9 Å². The fourth-order valence-electron chi connectivity index (χ4n) is 4.89. The fourth-order valence-corrected chi connectivity index (χ4v) is 6.60. The second kappa shape index (κ2) is 6.94. The number of hydrogen-bond acceptors (Lipinski definition) is 4. The van der Waals surface area contributed by atoms with Crippen LogP contribution >= 0.6 is 0 Å². The quantitative estimate of drug-likeness (QED) is 0.819. The Morgan fingerprint density at radius 1 is 1.08 bits per heavy atom. The van der Waals surface area contributed by atoms with Gasteiger partial charge in [0.1, 0.15) is 0 Å². The molecule has 2 atom stereocenters. The number of sulfone groups is 1. The van der Waals surface area contributed by atoms with Gasteiger partial charge in [-0.25, -0.2) is 8.42 Å². The van der Waals surface area contributed by atoms with Gasteiger partial charge in [-0.15, -0.1) is 0 Å². The van der Waals surface area contributed by atoms with Crippen LogP contribution in [0.5, 0.6) is 0 Å². The highest BCUT2D eigenvalue weighted by atomic mass is 32.2. The molecule has 0 aromatic rings. The van der Waals surface area contributed by atoms with Gasteiger partial charge in [0.05, 0.1) is 18.1 Å². The minimum atomic E-state index is -2.97. The fraction of sp³-hybridized carbons (Fsp3) is 0.944. The number of nitrogens with zero attached hydrogens (tertiary/aromatic N) is 1. The number of nitrogens with one attached hydrogen (secondary N) is 1. The highest BCUT2D eigenvalue weighted by Gasteiger charge is 2.40. The molecule has 5 nitrogen and oxygen atoms in total. The van der Waals surface area contributed by atoms with E-state index < -0.39 is 9.84 Å². The number of carbonyl (C=O) groups excluding carboxylic acids is 1. The van der Waals surface area contributed by atoms with Crippen LogP contribution in [0.1, 0.15) is 65.2 Å². The standard InChI is InChI=1S/C18H32N2O3S/c1-18(2)10-5-8-16(18)19-12-17(21)20(14-6-3-4-7-14)15-9-11-24(22,23)13-15/h14-16,19H,3-13H2,1-2H3/t15-,16+/m0/s1. The van der Waals surface area contributed by atoms with E-state index in [4.69, 9.17) is 0 Å². The van der Waals surface area contributed by atoms with E-state index in [0.29, 0.717) is 19.0 Å². The normalized spacial score (nSPS) is 32.2.